The second-order valence-electron chi connectivity index (χ2n) is 13.1. The predicted octanol–water partition coefficient (Wildman–Crippen LogP) is 3.50. The van der Waals surface area contributed by atoms with E-state index in [1.807, 2.05) is 0 Å². The van der Waals surface area contributed by atoms with E-state index in [1.54, 1.807) is 6.92 Å². The molecule has 5 nitrogen and oxygen atoms in total. The molecule has 4 aliphatic rings. The minimum absolute atomic E-state index is 0.116. The molecule has 5 heteroatoms. The van der Waals surface area contributed by atoms with E-state index in [0.29, 0.717) is 36.0 Å². The third kappa shape index (κ3) is 3.98. The van der Waals surface area contributed by atoms with E-state index in [9.17, 15) is 25.5 Å². The van der Waals surface area contributed by atoms with Crippen molar-refractivity contribution in [2.24, 2.45) is 46.3 Å². The molecule has 0 radical (unpaired) electrons. The Hall–Kier alpha value is -0.200. The second-order valence-corrected chi connectivity index (χ2v) is 13.1. The molecule has 12 atom stereocenters. The summed E-state index contributed by atoms with van der Waals surface area (Å²) in [5.74, 6) is 2.17. The van der Waals surface area contributed by atoms with Gasteiger partial charge in [-0.25, -0.2) is 0 Å². The van der Waals surface area contributed by atoms with Gasteiger partial charge in [-0.15, -0.1) is 0 Å². The summed E-state index contributed by atoms with van der Waals surface area (Å²) in [4.78, 5) is 0. The first-order valence-electron chi connectivity index (χ1n) is 13.3. The first-order valence-corrected chi connectivity index (χ1v) is 13.3. The van der Waals surface area contributed by atoms with Crippen LogP contribution in [0.25, 0.3) is 0 Å². The fourth-order valence-corrected chi connectivity index (χ4v) is 9.22. The highest BCUT2D eigenvalue weighted by Gasteiger charge is 2.65. The third-order valence-electron chi connectivity index (χ3n) is 11.2. The second kappa shape index (κ2) is 8.78. The van der Waals surface area contributed by atoms with Crippen LogP contribution in [0, 0.1) is 46.3 Å². The predicted molar refractivity (Wildman–Crippen MR) is 125 cm³/mol. The van der Waals surface area contributed by atoms with Crippen LogP contribution in [-0.4, -0.2) is 56.1 Å². The zero-order valence-electron chi connectivity index (χ0n) is 20.7. The number of hydrogen-bond donors (Lipinski definition) is 5. The molecule has 0 heterocycles. The number of rotatable bonds is 6. The van der Waals surface area contributed by atoms with E-state index in [0.717, 1.165) is 57.8 Å². The van der Waals surface area contributed by atoms with Gasteiger partial charge in [0.15, 0.2) is 0 Å². The average molecular weight is 453 g/mol. The Labute approximate surface area is 194 Å². The van der Waals surface area contributed by atoms with Crippen LogP contribution in [0.4, 0.5) is 0 Å². The lowest BCUT2D eigenvalue weighted by atomic mass is 9.43. The molecular weight excluding hydrogens is 404 g/mol. The minimum Gasteiger partial charge on any atom is -0.393 e. The lowest BCUT2D eigenvalue weighted by Gasteiger charge is -2.63. The molecular formula is C27H48O5. The van der Waals surface area contributed by atoms with E-state index < -0.39 is 5.60 Å². The summed E-state index contributed by atoms with van der Waals surface area (Å²) < 4.78 is 0. The maximum absolute atomic E-state index is 11.6. The van der Waals surface area contributed by atoms with E-state index >= 15 is 0 Å². The van der Waals surface area contributed by atoms with Gasteiger partial charge in [0.05, 0.1) is 30.5 Å². The molecule has 4 rings (SSSR count). The lowest BCUT2D eigenvalue weighted by molar-refractivity contribution is -0.207. The standard InChI is InChI=1S/C27H48O5/c1-16(6-5-10-25(2,32)15-28)19-7-8-20-24-21(14-23(31)27(19,20)4)26(3)11-9-18(29)12-17(26)13-22(24)30/h16-24,28-32H,5-15H2,1-4H3/t16-,17+,18-,19-,20+,21+,22-,23+,24-,25?,26+,27-/m1/s1. The Morgan fingerprint density at radius 3 is 2.41 bits per heavy atom. The smallest absolute Gasteiger partial charge is 0.0849 e. The summed E-state index contributed by atoms with van der Waals surface area (Å²) in [7, 11) is 0. The maximum atomic E-state index is 11.6. The Morgan fingerprint density at radius 2 is 1.72 bits per heavy atom. The summed E-state index contributed by atoms with van der Waals surface area (Å²) >= 11 is 0. The van der Waals surface area contributed by atoms with Crippen molar-refractivity contribution in [2.45, 2.75) is 116 Å². The Bertz CT molecular complexity index is 666. The Balaban J connectivity index is 1.51. The highest BCUT2D eigenvalue weighted by Crippen LogP contribution is 2.68. The first-order chi connectivity index (χ1) is 14.9. The lowest BCUT2D eigenvalue weighted by Crippen LogP contribution is -2.62. The molecule has 4 saturated carbocycles. The van der Waals surface area contributed by atoms with Crippen LogP contribution in [0.15, 0.2) is 0 Å². The van der Waals surface area contributed by atoms with Crippen molar-refractivity contribution in [3.63, 3.8) is 0 Å². The van der Waals surface area contributed by atoms with Crippen molar-refractivity contribution >= 4 is 0 Å². The molecule has 0 bridgehead atoms. The van der Waals surface area contributed by atoms with Crippen molar-refractivity contribution < 1.29 is 25.5 Å². The Kier molecular flexibility index (Phi) is 6.84. The molecule has 1 unspecified atom stereocenters. The van der Waals surface area contributed by atoms with Gasteiger partial charge in [0, 0.05) is 0 Å². The molecule has 0 amide bonds. The molecule has 4 aliphatic carbocycles. The summed E-state index contributed by atoms with van der Waals surface area (Å²) in [6.45, 7) is 8.45. The van der Waals surface area contributed by atoms with E-state index in [4.69, 9.17) is 0 Å². The molecule has 186 valence electrons. The largest absolute Gasteiger partial charge is 0.393 e. The number of aliphatic hydroxyl groups is 5. The minimum atomic E-state index is -1.01. The van der Waals surface area contributed by atoms with Crippen LogP contribution in [0.5, 0.6) is 0 Å². The van der Waals surface area contributed by atoms with Crippen LogP contribution in [-0.2, 0) is 0 Å². The SMILES string of the molecule is C[C@H](CCCC(C)(O)CO)[C@H]1CC[C@H]2[C@H]3[C@H](O)C[C@@H]4C[C@H](O)CC[C@]4(C)[C@H]3C[C@H](O)[C@]12C. The van der Waals surface area contributed by atoms with Crippen LogP contribution >= 0.6 is 0 Å². The van der Waals surface area contributed by atoms with Gasteiger partial charge in [0.2, 0.25) is 0 Å². The van der Waals surface area contributed by atoms with Gasteiger partial charge in [0.1, 0.15) is 0 Å². The zero-order chi connectivity index (χ0) is 23.5. The van der Waals surface area contributed by atoms with E-state index in [2.05, 4.69) is 20.8 Å². The topological polar surface area (TPSA) is 101 Å². The quantitative estimate of drug-likeness (QED) is 0.425. The van der Waals surface area contributed by atoms with Crippen molar-refractivity contribution in [1.82, 2.24) is 0 Å². The first kappa shape index (κ1) is 24.9. The molecule has 5 N–H and O–H groups in total. The van der Waals surface area contributed by atoms with Gasteiger partial charge in [-0.1, -0.05) is 33.6 Å². The van der Waals surface area contributed by atoms with Gasteiger partial charge in [0.25, 0.3) is 0 Å². The normalized spacial score (nSPS) is 51.3. The summed E-state index contributed by atoms with van der Waals surface area (Å²) in [6, 6.07) is 0. The fraction of sp³-hybridized carbons (Fsp3) is 1.00. The van der Waals surface area contributed by atoms with E-state index in [1.165, 1.54) is 0 Å². The van der Waals surface area contributed by atoms with E-state index in [-0.39, 0.29) is 41.7 Å². The van der Waals surface area contributed by atoms with Gasteiger partial charge in [-0.05, 0) is 105 Å². The van der Waals surface area contributed by atoms with Gasteiger partial charge < -0.3 is 25.5 Å². The molecule has 0 aromatic carbocycles. The van der Waals surface area contributed by atoms with Gasteiger partial charge in [-0.3, -0.25) is 0 Å². The highest BCUT2D eigenvalue weighted by atomic mass is 16.3. The molecule has 0 aromatic heterocycles. The van der Waals surface area contributed by atoms with Gasteiger partial charge in [-0.2, -0.15) is 0 Å². The number of fused-ring (bicyclic) bond motifs is 5. The van der Waals surface area contributed by atoms with Crippen LogP contribution < -0.4 is 0 Å². The molecule has 32 heavy (non-hydrogen) atoms. The number of hydrogen-bond acceptors (Lipinski definition) is 5. The van der Waals surface area contributed by atoms with Gasteiger partial charge >= 0.3 is 0 Å². The Morgan fingerprint density at radius 1 is 1.00 bits per heavy atom. The summed E-state index contributed by atoms with van der Waals surface area (Å²) in [6.07, 6.45) is 7.96. The zero-order valence-corrected chi connectivity index (χ0v) is 20.7. The summed E-state index contributed by atoms with van der Waals surface area (Å²) in [5.41, 5.74) is -1.06. The van der Waals surface area contributed by atoms with Crippen LogP contribution in [0.2, 0.25) is 0 Å². The number of aliphatic hydroxyl groups excluding tert-OH is 4. The molecule has 0 spiro atoms. The molecule has 0 aromatic rings. The third-order valence-corrected chi connectivity index (χ3v) is 11.2. The molecule has 4 fully saturated rings. The van der Waals surface area contributed by atoms with Crippen LogP contribution in [0.1, 0.15) is 91.9 Å². The van der Waals surface area contributed by atoms with Crippen molar-refractivity contribution in [2.75, 3.05) is 6.61 Å². The van der Waals surface area contributed by atoms with Crippen LogP contribution in [0.3, 0.4) is 0 Å². The molecule has 0 saturated heterocycles. The van der Waals surface area contributed by atoms with Crippen molar-refractivity contribution in [3.05, 3.63) is 0 Å². The summed E-state index contributed by atoms with van der Waals surface area (Å²) in [5, 5.41) is 52.7. The highest BCUT2D eigenvalue weighted by molar-refractivity contribution is 5.14. The fourth-order valence-electron chi connectivity index (χ4n) is 9.22. The maximum Gasteiger partial charge on any atom is 0.0849 e. The molecule has 0 aliphatic heterocycles. The van der Waals surface area contributed by atoms with Crippen molar-refractivity contribution in [1.29, 1.82) is 0 Å². The monoisotopic (exact) mass is 452 g/mol. The van der Waals surface area contributed by atoms with Crippen molar-refractivity contribution in [3.8, 4) is 0 Å². The average Bonchev–Trinajstić information content (AvgIpc) is 3.08.